The number of hydrogen-bond acceptors (Lipinski definition) is 1. The minimum absolute atomic E-state index is 0.346. The van der Waals surface area contributed by atoms with Crippen molar-refractivity contribution in [2.24, 2.45) is 0 Å². The van der Waals surface area contributed by atoms with Gasteiger partial charge >= 0.3 is 0 Å². The molecule has 0 saturated carbocycles. The maximum atomic E-state index is 2.50. The number of aromatic nitrogens is 1. The number of anilines is 3. The van der Waals surface area contributed by atoms with Gasteiger partial charge in [-0.3, -0.25) is 0 Å². The second-order valence-corrected chi connectivity index (χ2v) is 16.6. The molecule has 1 unspecified atom stereocenters. The Morgan fingerprint density at radius 3 is 1.77 bits per heavy atom. The average molecular weight is 791 g/mol. The molecule has 0 spiro atoms. The summed E-state index contributed by atoms with van der Waals surface area (Å²) in [5, 5.41) is 4.90. The van der Waals surface area contributed by atoms with Crippen molar-refractivity contribution >= 4 is 49.6 Å². The van der Waals surface area contributed by atoms with Gasteiger partial charge < -0.3 is 9.47 Å². The molecule has 62 heavy (non-hydrogen) atoms. The number of benzene rings is 10. The van der Waals surface area contributed by atoms with Crippen LogP contribution in [0.25, 0.3) is 71.6 Å². The third-order valence-corrected chi connectivity index (χ3v) is 13.3. The zero-order valence-corrected chi connectivity index (χ0v) is 34.4. The summed E-state index contributed by atoms with van der Waals surface area (Å²) >= 11 is 0. The van der Waals surface area contributed by atoms with Crippen LogP contribution in [-0.4, -0.2) is 4.57 Å². The first-order valence-electron chi connectivity index (χ1n) is 21.5. The minimum Gasteiger partial charge on any atom is -0.310 e. The van der Waals surface area contributed by atoms with E-state index in [2.05, 4.69) is 253 Å². The Morgan fingerprint density at radius 1 is 0.387 bits per heavy atom. The first-order chi connectivity index (χ1) is 30.7. The van der Waals surface area contributed by atoms with Gasteiger partial charge in [-0.05, 0) is 117 Å². The van der Waals surface area contributed by atoms with Crippen molar-refractivity contribution in [2.75, 3.05) is 4.90 Å². The standard InChI is InChI=1S/C60H42N2/c1-60(43-23-7-3-8-24-43)54-32-14-11-27-48(54)49-37-35-46(40-55(49)60)61(45-36-38-58-53(39-45)51-29-13-16-34-57(51)62(58)44-25-9-4-10-26-44)56-33-15-12-28-50(56)52-31-18-22-42-21-17-30-47(59(42)52)41-19-5-2-6-20-41/h2-40H,1H3. The van der Waals surface area contributed by atoms with Gasteiger partial charge in [0.15, 0.2) is 0 Å². The minimum atomic E-state index is -0.346. The van der Waals surface area contributed by atoms with Crippen LogP contribution in [0.3, 0.4) is 0 Å². The van der Waals surface area contributed by atoms with Crippen LogP contribution >= 0.6 is 0 Å². The lowest BCUT2D eigenvalue weighted by molar-refractivity contribution is 0.714. The van der Waals surface area contributed by atoms with E-state index in [-0.39, 0.29) is 5.41 Å². The summed E-state index contributed by atoms with van der Waals surface area (Å²) in [6.45, 7) is 2.40. The van der Waals surface area contributed by atoms with Crippen LogP contribution in [0, 0.1) is 0 Å². The van der Waals surface area contributed by atoms with E-state index in [1.807, 2.05) is 0 Å². The highest BCUT2D eigenvalue weighted by Crippen LogP contribution is 2.54. The van der Waals surface area contributed by atoms with Crippen LogP contribution in [0.5, 0.6) is 0 Å². The summed E-state index contributed by atoms with van der Waals surface area (Å²) in [6.07, 6.45) is 0. The molecule has 292 valence electrons. The van der Waals surface area contributed by atoms with Crippen molar-refractivity contribution < 1.29 is 0 Å². The summed E-state index contributed by atoms with van der Waals surface area (Å²) in [4.78, 5) is 2.50. The SMILES string of the molecule is CC1(c2ccccc2)c2ccccc2-c2ccc(N(c3ccc4c(c3)c3ccccc3n4-c3ccccc3)c3ccccc3-c3cccc4cccc(-c5ccccc5)c34)cc21. The summed E-state index contributed by atoms with van der Waals surface area (Å²) in [6, 6.07) is 86.9. The molecule has 0 aliphatic heterocycles. The van der Waals surface area contributed by atoms with Crippen LogP contribution < -0.4 is 4.90 Å². The normalized spacial score (nSPS) is 14.3. The number of hydrogen-bond donors (Lipinski definition) is 0. The maximum absolute atomic E-state index is 2.50. The van der Waals surface area contributed by atoms with Gasteiger partial charge in [0.05, 0.1) is 16.7 Å². The van der Waals surface area contributed by atoms with Crippen molar-refractivity contribution in [1.82, 2.24) is 4.57 Å². The van der Waals surface area contributed by atoms with E-state index in [0.717, 1.165) is 22.7 Å². The van der Waals surface area contributed by atoms with E-state index in [1.165, 1.54) is 82.6 Å². The van der Waals surface area contributed by atoms with E-state index in [9.17, 15) is 0 Å². The van der Waals surface area contributed by atoms with Gasteiger partial charge in [-0.2, -0.15) is 0 Å². The van der Waals surface area contributed by atoms with Crippen molar-refractivity contribution in [3.63, 3.8) is 0 Å². The molecule has 12 rings (SSSR count). The van der Waals surface area contributed by atoms with Gasteiger partial charge in [0.25, 0.3) is 0 Å². The van der Waals surface area contributed by atoms with E-state index < -0.39 is 0 Å². The van der Waals surface area contributed by atoms with Gasteiger partial charge in [-0.1, -0.05) is 182 Å². The van der Waals surface area contributed by atoms with Crippen LogP contribution in [0.4, 0.5) is 17.1 Å². The molecule has 0 fully saturated rings. The van der Waals surface area contributed by atoms with Crippen molar-refractivity contribution in [2.45, 2.75) is 12.3 Å². The Kier molecular flexibility index (Phi) is 8.33. The predicted octanol–water partition coefficient (Wildman–Crippen LogP) is 16.1. The van der Waals surface area contributed by atoms with E-state index in [1.54, 1.807) is 0 Å². The number of fused-ring (bicyclic) bond motifs is 7. The van der Waals surface area contributed by atoms with Gasteiger partial charge in [0.1, 0.15) is 0 Å². The molecule has 1 aliphatic carbocycles. The van der Waals surface area contributed by atoms with E-state index >= 15 is 0 Å². The first-order valence-corrected chi connectivity index (χ1v) is 21.5. The molecule has 2 nitrogen and oxygen atoms in total. The molecule has 11 aromatic rings. The summed E-state index contributed by atoms with van der Waals surface area (Å²) < 4.78 is 2.39. The molecule has 10 aromatic carbocycles. The molecule has 0 saturated heterocycles. The van der Waals surface area contributed by atoms with Crippen molar-refractivity contribution in [3.05, 3.63) is 253 Å². The predicted molar refractivity (Wildman–Crippen MR) is 261 cm³/mol. The maximum Gasteiger partial charge on any atom is 0.0542 e. The third kappa shape index (κ3) is 5.50. The summed E-state index contributed by atoms with van der Waals surface area (Å²) in [5.74, 6) is 0. The number of nitrogens with zero attached hydrogens (tertiary/aromatic N) is 2. The fraction of sp³-hybridized carbons (Fsp3) is 0.0333. The highest BCUT2D eigenvalue weighted by atomic mass is 15.1. The van der Waals surface area contributed by atoms with Crippen molar-refractivity contribution in [1.29, 1.82) is 0 Å². The molecular weight excluding hydrogens is 749 g/mol. The summed E-state index contributed by atoms with van der Waals surface area (Å²) in [5.41, 5.74) is 17.8. The monoisotopic (exact) mass is 790 g/mol. The number of para-hydroxylation sites is 3. The Labute approximate surface area is 362 Å². The Morgan fingerprint density at radius 2 is 0.968 bits per heavy atom. The molecule has 1 aromatic heterocycles. The largest absolute Gasteiger partial charge is 0.310 e. The summed E-state index contributed by atoms with van der Waals surface area (Å²) in [7, 11) is 0. The molecule has 0 amide bonds. The molecular formula is C60H42N2. The first kappa shape index (κ1) is 36.0. The van der Waals surface area contributed by atoms with Gasteiger partial charge in [-0.15, -0.1) is 0 Å². The lowest BCUT2D eigenvalue weighted by Crippen LogP contribution is -2.22. The zero-order chi connectivity index (χ0) is 41.2. The van der Waals surface area contributed by atoms with Crippen LogP contribution in [-0.2, 0) is 5.41 Å². The second-order valence-electron chi connectivity index (χ2n) is 16.6. The molecule has 0 N–H and O–H groups in total. The molecule has 2 heteroatoms. The highest BCUT2D eigenvalue weighted by Gasteiger charge is 2.41. The van der Waals surface area contributed by atoms with E-state index in [0.29, 0.717) is 0 Å². The van der Waals surface area contributed by atoms with E-state index in [4.69, 9.17) is 0 Å². The van der Waals surface area contributed by atoms with Crippen LogP contribution in [0.15, 0.2) is 237 Å². The molecule has 1 heterocycles. The Hall–Kier alpha value is -7.94. The molecule has 0 bridgehead atoms. The smallest absolute Gasteiger partial charge is 0.0542 e. The Bertz CT molecular complexity index is 3470. The lowest BCUT2D eigenvalue weighted by atomic mass is 9.74. The fourth-order valence-electron chi connectivity index (χ4n) is 10.4. The fourth-order valence-corrected chi connectivity index (χ4v) is 10.4. The van der Waals surface area contributed by atoms with Gasteiger partial charge in [0.2, 0.25) is 0 Å². The van der Waals surface area contributed by atoms with Crippen LogP contribution in [0.1, 0.15) is 23.6 Å². The number of rotatable bonds is 7. The van der Waals surface area contributed by atoms with Gasteiger partial charge in [0, 0.05) is 38.8 Å². The second kappa shape index (κ2) is 14.4. The molecule has 1 aliphatic rings. The molecule has 0 radical (unpaired) electrons. The Balaban J connectivity index is 1.14. The van der Waals surface area contributed by atoms with Gasteiger partial charge in [-0.25, -0.2) is 0 Å². The average Bonchev–Trinajstić information content (AvgIpc) is 3.81. The highest BCUT2D eigenvalue weighted by molar-refractivity contribution is 6.12. The topological polar surface area (TPSA) is 8.17 Å². The third-order valence-electron chi connectivity index (χ3n) is 13.3. The molecule has 1 atom stereocenters. The zero-order valence-electron chi connectivity index (χ0n) is 34.4. The van der Waals surface area contributed by atoms with Crippen LogP contribution in [0.2, 0.25) is 0 Å². The quantitative estimate of drug-likeness (QED) is 0.156. The van der Waals surface area contributed by atoms with Crippen molar-refractivity contribution in [3.8, 4) is 39.1 Å². The lowest BCUT2D eigenvalue weighted by Gasteiger charge is -2.32.